The van der Waals surface area contributed by atoms with Crippen molar-refractivity contribution in [3.8, 4) is 0 Å². The molecule has 1 aliphatic heterocycles. The molecule has 1 aliphatic rings. The molecular formula is C15H22N2O2. The Morgan fingerprint density at radius 1 is 1.47 bits per heavy atom. The smallest absolute Gasteiger partial charge is 0.339 e. The molecule has 1 aromatic heterocycles. The highest BCUT2D eigenvalue weighted by Crippen LogP contribution is 2.31. The predicted molar refractivity (Wildman–Crippen MR) is 75.8 cm³/mol. The lowest BCUT2D eigenvalue weighted by atomic mass is 9.95. The summed E-state index contributed by atoms with van der Waals surface area (Å²) in [7, 11) is 0. The average Bonchev–Trinajstić information content (AvgIpc) is 2.76. The number of carboxylic acid groups (broad SMARTS) is 1. The molecule has 19 heavy (non-hydrogen) atoms. The first-order chi connectivity index (χ1) is 8.90. The highest BCUT2D eigenvalue weighted by atomic mass is 16.4. The molecule has 104 valence electrons. The van der Waals surface area contributed by atoms with Crippen LogP contribution in [0.2, 0.25) is 0 Å². The molecule has 4 nitrogen and oxygen atoms in total. The maximum absolute atomic E-state index is 11.5. The number of hydrogen-bond acceptors (Lipinski definition) is 3. The van der Waals surface area contributed by atoms with Gasteiger partial charge in [0.1, 0.15) is 5.56 Å². The van der Waals surface area contributed by atoms with Crippen molar-refractivity contribution in [1.29, 1.82) is 0 Å². The van der Waals surface area contributed by atoms with Gasteiger partial charge in [-0.05, 0) is 38.2 Å². The lowest BCUT2D eigenvalue weighted by Gasteiger charge is -2.23. The Morgan fingerprint density at radius 2 is 2.16 bits per heavy atom. The van der Waals surface area contributed by atoms with Crippen LogP contribution in [-0.4, -0.2) is 29.1 Å². The molecule has 1 N–H and O–H groups in total. The maximum Gasteiger partial charge on any atom is 0.339 e. The van der Waals surface area contributed by atoms with Crippen LogP contribution < -0.4 is 4.90 Å². The summed E-state index contributed by atoms with van der Waals surface area (Å²) in [4.78, 5) is 17.9. The molecule has 0 bridgehead atoms. The molecule has 2 rings (SSSR count). The van der Waals surface area contributed by atoms with Crippen LogP contribution in [0.5, 0.6) is 0 Å². The summed E-state index contributed by atoms with van der Waals surface area (Å²) in [5.74, 6) is 0.408. The topological polar surface area (TPSA) is 53.4 Å². The first-order valence-electron chi connectivity index (χ1n) is 6.86. The summed E-state index contributed by atoms with van der Waals surface area (Å²) >= 11 is 0. The molecule has 0 aliphatic carbocycles. The van der Waals surface area contributed by atoms with Gasteiger partial charge in [-0.1, -0.05) is 13.8 Å². The summed E-state index contributed by atoms with van der Waals surface area (Å²) in [6.07, 6.45) is 1.14. The van der Waals surface area contributed by atoms with Gasteiger partial charge >= 0.3 is 5.97 Å². The second-order valence-electron chi connectivity index (χ2n) is 5.79. The number of hydrogen-bond donors (Lipinski definition) is 1. The first-order valence-corrected chi connectivity index (χ1v) is 6.86. The highest BCUT2D eigenvalue weighted by Gasteiger charge is 2.28. The number of pyridine rings is 1. The third-order valence-corrected chi connectivity index (χ3v) is 4.03. The van der Waals surface area contributed by atoms with Crippen LogP contribution >= 0.6 is 0 Å². The van der Waals surface area contributed by atoms with Gasteiger partial charge in [0.25, 0.3) is 0 Å². The van der Waals surface area contributed by atoms with E-state index in [4.69, 9.17) is 0 Å². The van der Waals surface area contributed by atoms with Crippen LogP contribution in [0.3, 0.4) is 0 Å². The van der Waals surface area contributed by atoms with Crippen LogP contribution in [0.1, 0.15) is 42.0 Å². The van der Waals surface area contributed by atoms with Crippen molar-refractivity contribution >= 4 is 11.7 Å². The van der Waals surface area contributed by atoms with E-state index >= 15 is 0 Å². The van der Waals surface area contributed by atoms with E-state index in [1.165, 1.54) is 0 Å². The van der Waals surface area contributed by atoms with E-state index < -0.39 is 5.97 Å². The molecule has 0 saturated carbocycles. The van der Waals surface area contributed by atoms with Gasteiger partial charge in [-0.3, -0.25) is 4.98 Å². The predicted octanol–water partition coefficient (Wildman–Crippen LogP) is 2.88. The van der Waals surface area contributed by atoms with E-state index in [1.54, 1.807) is 6.92 Å². The van der Waals surface area contributed by atoms with Crippen molar-refractivity contribution in [3.05, 3.63) is 23.0 Å². The summed E-state index contributed by atoms with van der Waals surface area (Å²) in [6, 6.07) is 1.90. The second kappa shape index (κ2) is 5.19. The monoisotopic (exact) mass is 262 g/mol. The fourth-order valence-corrected chi connectivity index (χ4v) is 2.87. The molecule has 0 aromatic carbocycles. The Labute approximate surface area is 114 Å². The van der Waals surface area contributed by atoms with Crippen LogP contribution in [0, 0.1) is 25.7 Å². The number of carboxylic acids is 1. The Balaban J connectivity index is 2.37. The second-order valence-corrected chi connectivity index (χ2v) is 5.79. The lowest BCUT2D eigenvalue weighted by Crippen LogP contribution is -2.24. The van der Waals surface area contributed by atoms with E-state index in [0.29, 0.717) is 23.1 Å². The number of carbonyl (C=O) groups is 1. The van der Waals surface area contributed by atoms with Gasteiger partial charge in [0.05, 0.1) is 11.4 Å². The van der Waals surface area contributed by atoms with Crippen molar-refractivity contribution in [3.63, 3.8) is 0 Å². The summed E-state index contributed by atoms with van der Waals surface area (Å²) in [5.41, 5.74) is 2.68. The summed E-state index contributed by atoms with van der Waals surface area (Å²) in [6.45, 7) is 10.0. The minimum atomic E-state index is -0.881. The number of aromatic nitrogens is 1. The molecule has 1 atom stereocenters. The zero-order valence-corrected chi connectivity index (χ0v) is 12.1. The van der Waals surface area contributed by atoms with Gasteiger partial charge < -0.3 is 10.0 Å². The Hall–Kier alpha value is -1.58. The van der Waals surface area contributed by atoms with Crippen molar-refractivity contribution in [2.45, 2.75) is 34.1 Å². The minimum absolute atomic E-state index is 0.356. The number of aryl methyl sites for hydroxylation is 2. The van der Waals surface area contributed by atoms with E-state index in [1.807, 2.05) is 13.0 Å². The number of rotatable bonds is 3. The minimum Gasteiger partial charge on any atom is -0.478 e. The van der Waals surface area contributed by atoms with Crippen LogP contribution in [-0.2, 0) is 0 Å². The van der Waals surface area contributed by atoms with Crippen molar-refractivity contribution in [1.82, 2.24) is 4.98 Å². The molecule has 4 heteroatoms. The van der Waals surface area contributed by atoms with Gasteiger partial charge in [0, 0.05) is 18.8 Å². The summed E-state index contributed by atoms with van der Waals surface area (Å²) in [5, 5.41) is 9.41. The zero-order valence-electron chi connectivity index (χ0n) is 12.1. The third kappa shape index (κ3) is 2.72. The maximum atomic E-state index is 11.5. The third-order valence-electron chi connectivity index (χ3n) is 4.03. The van der Waals surface area contributed by atoms with Gasteiger partial charge in [0.15, 0.2) is 0 Å². The molecular weight excluding hydrogens is 240 g/mol. The average molecular weight is 262 g/mol. The Bertz CT molecular complexity index is 497. The van der Waals surface area contributed by atoms with Crippen molar-refractivity contribution < 1.29 is 9.90 Å². The molecule has 2 heterocycles. The largest absolute Gasteiger partial charge is 0.478 e. The highest BCUT2D eigenvalue weighted by molar-refractivity contribution is 5.95. The van der Waals surface area contributed by atoms with Gasteiger partial charge in [-0.2, -0.15) is 0 Å². The summed E-state index contributed by atoms with van der Waals surface area (Å²) < 4.78 is 0. The standard InChI is InChI=1S/C15H22N2O2/c1-9(2)12-5-6-17(8-12)13-7-10(3)16-11(4)14(13)15(18)19/h7,9,12H,5-6,8H2,1-4H3,(H,18,19). The van der Waals surface area contributed by atoms with Crippen molar-refractivity contribution in [2.75, 3.05) is 18.0 Å². The molecule has 1 saturated heterocycles. The Morgan fingerprint density at radius 3 is 2.68 bits per heavy atom. The number of aromatic carboxylic acids is 1. The van der Waals surface area contributed by atoms with E-state index in [9.17, 15) is 9.90 Å². The van der Waals surface area contributed by atoms with E-state index in [0.717, 1.165) is 30.9 Å². The molecule has 1 fully saturated rings. The number of nitrogens with zero attached hydrogens (tertiary/aromatic N) is 2. The molecule has 0 radical (unpaired) electrons. The van der Waals surface area contributed by atoms with E-state index in [-0.39, 0.29) is 0 Å². The first kappa shape index (κ1) is 13.8. The van der Waals surface area contributed by atoms with Crippen molar-refractivity contribution in [2.24, 2.45) is 11.8 Å². The number of anilines is 1. The van der Waals surface area contributed by atoms with E-state index in [2.05, 4.69) is 23.7 Å². The molecule has 1 aromatic rings. The normalized spacial score (nSPS) is 19.2. The van der Waals surface area contributed by atoms with Gasteiger partial charge in [0.2, 0.25) is 0 Å². The van der Waals surface area contributed by atoms with Crippen LogP contribution in [0.25, 0.3) is 0 Å². The molecule has 0 amide bonds. The van der Waals surface area contributed by atoms with Gasteiger partial charge in [-0.15, -0.1) is 0 Å². The zero-order chi connectivity index (χ0) is 14.2. The van der Waals surface area contributed by atoms with Crippen LogP contribution in [0.15, 0.2) is 6.07 Å². The van der Waals surface area contributed by atoms with Gasteiger partial charge in [-0.25, -0.2) is 4.79 Å². The molecule has 1 unspecified atom stereocenters. The quantitative estimate of drug-likeness (QED) is 0.910. The fourth-order valence-electron chi connectivity index (χ4n) is 2.87. The fraction of sp³-hybridized carbons (Fsp3) is 0.600. The SMILES string of the molecule is Cc1cc(N2CCC(C(C)C)C2)c(C(=O)O)c(C)n1. The molecule has 0 spiro atoms. The van der Waals surface area contributed by atoms with Crippen LogP contribution in [0.4, 0.5) is 5.69 Å². The lowest BCUT2D eigenvalue weighted by molar-refractivity contribution is 0.0696. The Kier molecular flexibility index (Phi) is 3.78.